The Balaban J connectivity index is 1.72. The molecule has 2 aliphatic rings. The molecule has 148 valence electrons. The average Bonchev–Trinajstić information content (AvgIpc) is 2.69. The second-order valence-electron chi connectivity index (χ2n) is 6.57. The first-order valence-corrected chi connectivity index (χ1v) is 9.74. The summed E-state index contributed by atoms with van der Waals surface area (Å²) in [6.45, 7) is 2.80. The summed E-state index contributed by atoms with van der Waals surface area (Å²) in [5.41, 5.74) is 1.02. The lowest BCUT2D eigenvalue weighted by molar-refractivity contribution is -0.151. The number of ether oxygens (including phenoxy) is 1. The van der Waals surface area contributed by atoms with E-state index in [0.29, 0.717) is 11.3 Å². The monoisotopic (exact) mass is 404 g/mol. The van der Waals surface area contributed by atoms with Gasteiger partial charge in [0.15, 0.2) is 0 Å². The van der Waals surface area contributed by atoms with Crippen LogP contribution < -0.4 is 5.32 Å². The molecule has 2 amide bonds. The third kappa shape index (κ3) is 3.75. The Bertz CT molecular complexity index is 853. The summed E-state index contributed by atoms with van der Waals surface area (Å²) in [5, 5.41) is 11.8. The molecule has 3 atom stereocenters. The van der Waals surface area contributed by atoms with Gasteiger partial charge in [0.1, 0.15) is 23.7 Å². The number of fused-ring (bicyclic) bond motifs is 1. The van der Waals surface area contributed by atoms with Crippen LogP contribution in [0.3, 0.4) is 0 Å². The molecule has 0 spiro atoms. The number of benzene rings is 1. The van der Waals surface area contributed by atoms with E-state index in [-0.39, 0.29) is 18.2 Å². The van der Waals surface area contributed by atoms with Gasteiger partial charge in [-0.1, -0.05) is 30.3 Å². The Morgan fingerprint density at radius 3 is 2.61 bits per heavy atom. The Kier molecular flexibility index (Phi) is 5.73. The van der Waals surface area contributed by atoms with Crippen molar-refractivity contribution >= 4 is 35.5 Å². The molecule has 1 aromatic rings. The van der Waals surface area contributed by atoms with Gasteiger partial charge in [-0.3, -0.25) is 19.3 Å². The molecule has 28 heavy (non-hydrogen) atoms. The fourth-order valence-corrected chi connectivity index (χ4v) is 4.48. The first kappa shape index (κ1) is 19.9. The number of carbonyl (C=O) groups excluding carboxylic acids is 3. The zero-order valence-electron chi connectivity index (χ0n) is 15.4. The van der Waals surface area contributed by atoms with Crippen molar-refractivity contribution in [1.82, 2.24) is 10.2 Å². The number of carboxylic acid groups (broad SMARTS) is 1. The number of amides is 2. The Hall–Kier alpha value is -2.81. The van der Waals surface area contributed by atoms with Crippen molar-refractivity contribution < 1.29 is 29.0 Å². The molecule has 8 nitrogen and oxygen atoms in total. The van der Waals surface area contributed by atoms with Gasteiger partial charge in [-0.05, 0) is 12.5 Å². The van der Waals surface area contributed by atoms with E-state index in [0.717, 1.165) is 10.5 Å². The fourth-order valence-electron chi connectivity index (χ4n) is 3.15. The van der Waals surface area contributed by atoms with Gasteiger partial charge in [0.05, 0.1) is 5.92 Å². The number of carbonyl (C=O) groups is 4. The molecule has 0 radical (unpaired) electrons. The molecule has 0 bridgehead atoms. The van der Waals surface area contributed by atoms with Crippen LogP contribution in [0.25, 0.3) is 0 Å². The largest absolute Gasteiger partial charge is 0.477 e. The number of thioether (sulfide) groups is 1. The normalized spacial score (nSPS) is 22.1. The highest BCUT2D eigenvalue weighted by molar-refractivity contribution is 8.00. The molecular weight excluding hydrogens is 384 g/mol. The summed E-state index contributed by atoms with van der Waals surface area (Å²) in [4.78, 5) is 49.0. The van der Waals surface area contributed by atoms with Crippen LogP contribution in [0.5, 0.6) is 0 Å². The number of nitrogens with zero attached hydrogens (tertiary/aromatic N) is 1. The summed E-state index contributed by atoms with van der Waals surface area (Å²) in [6.07, 6.45) is 0. The van der Waals surface area contributed by atoms with Crippen LogP contribution in [-0.2, 0) is 23.9 Å². The molecule has 2 N–H and O–H groups in total. The second-order valence-corrected chi connectivity index (χ2v) is 7.67. The number of aliphatic carboxylic acids is 1. The predicted molar refractivity (Wildman–Crippen MR) is 101 cm³/mol. The smallest absolute Gasteiger partial charge is 0.352 e. The van der Waals surface area contributed by atoms with Crippen molar-refractivity contribution in [3.05, 3.63) is 47.2 Å². The topological polar surface area (TPSA) is 113 Å². The highest BCUT2D eigenvalue weighted by Crippen LogP contribution is 2.40. The standard InChI is InChI=1S/C19H20N2O6S/c1-10(12-6-4-3-5-7-12)16(23)20-14-17(24)21-15(19(25)26)13(8-27-11(2)22)9-28-18(14)21/h3-7,10,14,18H,8-9H2,1-2H3,(H,20,23)(H,25,26)/t10-,14-,18-/m1/s1. The lowest BCUT2D eigenvalue weighted by atomic mass is 9.98. The number of β-lactam (4-membered cyclic amide) rings is 1. The van der Waals surface area contributed by atoms with E-state index in [1.807, 2.05) is 30.3 Å². The molecular formula is C19H20N2O6S. The molecule has 0 aliphatic carbocycles. The average molecular weight is 404 g/mol. The van der Waals surface area contributed by atoms with Crippen LogP contribution in [-0.4, -0.2) is 57.5 Å². The SMILES string of the molecule is CC(=O)OCC1=C(C(=O)O)N2C(=O)[C@@H](NC(=O)[C@H](C)c3ccccc3)[C@H]2SC1. The molecule has 1 saturated heterocycles. The first-order valence-electron chi connectivity index (χ1n) is 8.70. The fraction of sp³-hybridized carbons (Fsp3) is 0.368. The van der Waals surface area contributed by atoms with E-state index in [1.54, 1.807) is 6.92 Å². The Labute approximate surface area is 165 Å². The number of hydrogen-bond donors (Lipinski definition) is 2. The van der Waals surface area contributed by atoms with Crippen molar-refractivity contribution in [3.8, 4) is 0 Å². The van der Waals surface area contributed by atoms with Crippen LogP contribution in [0.4, 0.5) is 0 Å². The molecule has 2 heterocycles. The molecule has 2 aliphatic heterocycles. The van der Waals surface area contributed by atoms with Gasteiger partial charge in [0, 0.05) is 18.2 Å². The number of hydrogen-bond acceptors (Lipinski definition) is 6. The molecule has 3 rings (SSSR count). The lowest BCUT2D eigenvalue weighted by Crippen LogP contribution is -2.70. The summed E-state index contributed by atoms with van der Waals surface area (Å²) in [7, 11) is 0. The van der Waals surface area contributed by atoms with Gasteiger partial charge in [0.25, 0.3) is 5.91 Å². The molecule has 0 unspecified atom stereocenters. The summed E-state index contributed by atoms with van der Waals surface area (Å²) < 4.78 is 4.90. The van der Waals surface area contributed by atoms with Crippen molar-refractivity contribution in [3.63, 3.8) is 0 Å². The van der Waals surface area contributed by atoms with Crippen LogP contribution in [0, 0.1) is 0 Å². The van der Waals surface area contributed by atoms with Gasteiger partial charge >= 0.3 is 11.9 Å². The third-order valence-electron chi connectivity index (χ3n) is 4.69. The van der Waals surface area contributed by atoms with E-state index in [1.165, 1.54) is 18.7 Å². The molecule has 0 aromatic heterocycles. The van der Waals surface area contributed by atoms with Crippen molar-refractivity contribution in [2.75, 3.05) is 12.4 Å². The molecule has 9 heteroatoms. The zero-order chi connectivity index (χ0) is 20.4. The van der Waals surface area contributed by atoms with Gasteiger partial charge < -0.3 is 15.2 Å². The Morgan fingerprint density at radius 1 is 1.32 bits per heavy atom. The van der Waals surface area contributed by atoms with Gasteiger partial charge in [-0.2, -0.15) is 0 Å². The van der Waals surface area contributed by atoms with E-state index in [9.17, 15) is 24.3 Å². The van der Waals surface area contributed by atoms with Gasteiger partial charge in [-0.15, -0.1) is 11.8 Å². The third-order valence-corrected chi connectivity index (χ3v) is 6.03. The number of esters is 1. The van der Waals surface area contributed by atoms with Crippen LogP contribution in [0.2, 0.25) is 0 Å². The maximum atomic E-state index is 12.6. The van der Waals surface area contributed by atoms with Gasteiger partial charge in [-0.25, -0.2) is 4.79 Å². The van der Waals surface area contributed by atoms with Crippen molar-refractivity contribution in [2.45, 2.75) is 31.2 Å². The number of rotatable bonds is 6. The highest BCUT2D eigenvalue weighted by Gasteiger charge is 2.54. The summed E-state index contributed by atoms with van der Waals surface area (Å²) in [6, 6.07) is 8.41. The zero-order valence-corrected chi connectivity index (χ0v) is 16.2. The van der Waals surface area contributed by atoms with E-state index in [2.05, 4.69) is 5.32 Å². The van der Waals surface area contributed by atoms with Crippen LogP contribution in [0.15, 0.2) is 41.6 Å². The quantitative estimate of drug-likeness (QED) is 0.539. The van der Waals surface area contributed by atoms with Crippen LogP contribution in [0.1, 0.15) is 25.3 Å². The summed E-state index contributed by atoms with van der Waals surface area (Å²) >= 11 is 1.33. The number of carboxylic acids is 1. The van der Waals surface area contributed by atoms with Gasteiger partial charge in [0.2, 0.25) is 5.91 Å². The maximum Gasteiger partial charge on any atom is 0.352 e. The predicted octanol–water partition coefficient (Wildman–Crippen LogP) is 1.09. The lowest BCUT2D eigenvalue weighted by Gasteiger charge is -2.49. The summed E-state index contributed by atoms with van der Waals surface area (Å²) in [5.74, 6) is -2.71. The van der Waals surface area contributed by atoms with E-state index >= 15 is 0 Å². The number of nitrogens with one attached hydrogen (secondary N) is 1. The second kappa shape index (κ2) is 8.05. The highest BCUT2D eigenvalue weighted by atomic mass is 32.2. The minimum absolute atomic E-state index is 0.170. The Morgan fingerprint density at radius 2 is 2.00 bits per heavy atom. The van der Waals surface area contributed by atoms with E-state index in [4.69, 9.17) is 4.74 Å². The molecule has 1 fully saturated rings. The minimum atomic E-state index is -1.26. The van der Waals surface area contributed by atoms with Crippen LogP contribution >= 0.6 is 11.8 Å². The van der Waals surface area contributed by atoms with Crippen molar-refractivity contribution in [2.24, 2.45) is 0 Å². The van der Waals surface area contributed by atoms with Crippen molar-refractivity contribution in [1.29, 1.82) is 0 Å². The molecule has 1 aromatic carbocycles. The molecule has 0 saturated carbocycles. The van der Waals surface area contributed by atoms with E-state index < -0.39 is 35.2 Å². The maximum absolute atomic E-state index is 12.6. The first-order chi connectivity index (χ1) is 13.3. The minimum Gasteiger partial charge on any atom is -0.477 e.